The molecule has 1 unspecified atom stereocenters. The van der Waals surface area contributed by atoms with Crippen molar-refractivity contribution < 1.29 is 9.18 Å². The Morgan fingerprint density at radius 1 is 1.04 bits per heavy atom. The molecule has 1 aromatic heterocycles. The van der Waals surface area contributed by atoms with Crippen LogP contribution in [0.1, 0.15) is 38.5 Å². The summed E-state index contributed by atoms with van der Waals surface area (Å²) in [5.41, 5.74) is 5.41. The molecule has 7 heteroatoms. The summed E-state index contributed by atoms with van der Waals surface area (Å²) in [5, 5.41) is 0. The fourth-order valence-corrected chi connectivity index (χ4v) is 3.48. The molecule has 2 fully saturated rings. The molecule has 1 aromatic rings. The Balaban J connectivity index is 1.82. The highest BCUT2D eigenvalue weighted by molar-refractivity contribution is 5.77. The van der Waals surface area contributed by atoms with Crippen molar-refractivity contribution in [1.29, 1.82) is 0 Å². The summed E-state index contributed by atoms with van der Waals surface area (Å²) in [6, 6.07) is 0. The van der Waals surface area contributed by atoms with Crippen LogP contribution in [-0.4, -0.2) is 42.1 Å². The summed E-state index contributed by atoms with van der Waals surface area (Å²) in [6.07, 6.45) is 7.49. The van der Waals surface area contributed by atoms with Gasteiger partial charge in [-0.1, -0.05) is 12.8 Å². The van der Waals surface area contributed by atoms with E-state index in [0.717, 1.165) is 38.8 Å². The molecular formula is C16H24FN5O. The van der Waals surface area contributed by atoms with Gasteiger partial charge in [0.1, 0.15) is 6.33 Å². The van der Waals surface area contributed by atoms with Gasteiger partial charge in [-0.3, -0.25) is 4.79 Å². The maximum atomic E-state index is 15.0. The van der Waals surface area contributed by atoms with Gasteiger partial charge in [0.15, 0.2) is 11.6 Å². The van der Waals surface area contributed by atoms with Gasteiger partial charge in [0, 0.05) is 26.2 Å². The molecule has 1 amide bonds. The molecule has 2 N–H and O–H groups in total. The zero-order valence-electron chi connectivity index (χ0n) is 13.4. The van der Waals surface area contributed by atoms with Crippen molar-refractivity contribution in [3.8, 4) is 0 Å². The smallest absolute Gasteiger partial charge is 0.222 e. The minimum Gasteiger partial charge on any atom is -0.369 e. The Hall–Kier alpha value is -1.92. The molecule has 0 bridgehead atoms. The molecule has 3 heterocycles. The number of aromatic nitrogens is 2. The number of nitrogens with zero attached hydrogens (tertiary/aromatic N) is 4. The van der Waals surface area contributed by atoms with E-state index < -0.39 is 0 Å². The molecule has 0 spiro atoms. The van der Waals surface area contributed by atoms with Crippen molar-refractivity contribution >= 4 is 17.5 Å². The highest BCUT2D eigenvalue weighted by atomic mass is 19.1. The largest absolute Gasteiger partial charge is 0.369 e. The van der Waals surface area contributed by atoms with Gasteiger partial charge in [-0.25, -0.2) is 9.97 Å². The van der Waals surface area contributed by atoms with Gasteiger partial charge in [0.05, 0.1) is 5.92 Å². The first-order valence-electron chi connectivity index (χ1n) is 8.46. The van der Waals surface area contributed by atoms with E-state index in [1.807, 2.05) is 9.80 Å². The van der Waals surface area contributed by atoms with Crippen molar-refractivity contribution in [2.24, 2.45) is 11.7 Å². The minimum absolute atomic E-state index is 0.236. The normalized spacial score (nSPS) is 22.7. The lowest BCUT2D eigenvalue weighted by atomic mass is 9.97. The van der Waals surface area contributed by atoms with Crippen molar-refractivity contribution in [2.45, 2.75) is 38.5 Å². The SMILES string of the molecule is NC(=O)C1CCCN(c2ncnc(N3CCCCCC3)c2F)C1. The van der Waals surface area contributed by atoms with E-state index in [0.29, 0.717) is 24.7 Å². The monoisotopic (exact) mass is 321 g/mol. The third-order valence-corrected chi connectivity index (χ3v) is 4.78. The van der Waals surface area contributed by atoms with E-state index in [9.17, 15) is 9.18 Å². The number of primary amides is 1. The second-order valence-corrected chi connectivity index (χ2v) is 6.42. The van der Waals surface area contributed by atoms with Gasteiger partial charge in [-0.05, 0) is 25.7 Å². The van der Waals surface area contributed by atoms with Crippen molar-refractivity contribution in [1.82, 2.24) is 9.97 Å². The fraction of sp³-hybridized carbons (Fsp3) is 0.688. The lowest BCUT2D eigenvalue weighted by Crippen LogP contribution is -2.42. The Morgan fingerprint density at radius 2 is 1.65 bits per heavy atom. The lowest BCUT2D eigenvalue weighted by Gasteiger charge is -2.33. The molecule has 3 rings (SSSR count). The second kappa shape index (κ2) is 7.10. The molecule has 6 nitrogen and oxygen atoms in total. The van der Waals surface area contributed by atoms with Gasteiger partial charge in [-0.2, -0.15) is 4.39 Å². The average Bonchev–Trinajstić information content (AvgIpc) is 2.84. The molecule has 2 saturated heterocycles. The number of piperidine rings is 1. The van der Waals surface area contributed by atoms with Crippen LogP contribution >= 0.6 is 0 Å². The molecule has 2 aliphatic rings. The number of nitrogens with two attached hydrogens (primary N) is 1. The highest BCUT2D eigenvalue weighted by Crippen LogP contribution is 2.29. The van der Waals surface area contributed by atoms with E-state index in [1.165, 1.54) is 19.2 Å². The van der Waals surface area contributed by atoms with Gasteiger partial charge in [0.25, 0.3) is 0 Å². The van der Waals surface area contributed by atoms with Crippen LogP contribution in [0.3, 0.4) is 0 Å². The number of carbonyl (C=O) groups is 1. The van der Waals surface area contributed by atoms with Crippen LogP contribution in [0.4, 0.5) is 16.0 Å². The molecule has 0 radical (unpaired) electrons. The molecule has 0 aromatic carbocycles. The molecule has 1 atom stereocenters. The lowest BCUT2D eigenvalue weighted by molar-refractivity contribution is -0.122. The maximum Gasteiger partial charge on any atom is 0.222 e. The summed E-state index contributed by atoms with van der Waals surface area (Å²) in [5.74, 6) is -0.250. The van der Waals surface area contributed by atoms with E-state index in [2.05, 4.69) is 9.97 Å². The fourth-order valence-electron chi connectivity index (χ4n) is 3.48. The molecule has 2 aliphatic heterocycles. The zero-order chi connectivity index (χ0) is 16.2. The maximum absolute atomic E-state index is 15.0. The predicted molar refractivity (Wildman–Crippen MR) is 86.8 cm³/mol. The Morgan fingerprint density at radius 3 is 2.30 bits per heavy atom. The van der Waals surface area contributed by atoms with Crippen molar-refractivity contribution in [3.05, 3.63) is 12.1 Å². The number of halogens is 1. The summed E-state index contributed by atoms with van der Waals surface area (Å²) >= 11 is 0. The summed E-state index contributed by atoms with van der Waals surface area (Å²) in [6.45, 7) is 2.79. The van der Waals surface area contributed by atoms with Crippen LogP contribution in [0.5, 0.6) is 0 Å². The predicted octanol–water partition coefficient (Wildman–Crippen LogP) is 1.70. The number of carbonyl (C=O) groups excluding carboxylic acids is 1. The van der Waals surface area contributed by atoms with Gasteiger partial charge >= 0.3 is 0 Å². The van der Waals surface area contributed by atoms with Crippen LogP contribution in [0.2, 0.25) is 0 Å². The Kier molecular flexibility index (Phi) is 4.93. The number of amides is 1. The quantitative estimate of drug-likeness (QED) is 0.917. The standard InChI is InChI=1S/C16H24FN5O/c17-13-15(21-7-3-1-2-4-8-21)19-11-20-16(13)22-9-5-6-12(10-22)14(18)23/h11-12H,1-10H2,(H2,18,23). The Bertz CT molecular complexity index is 559. The van der Waals surface area contributed by atoms with Crippen LogP contribution in [0.25, 0.3) is 0 Å². The number of hydrogen-bond donors (Lipinski definition) is 1. The molecule has 126 valence electrons. The molecule has 23 heavy (non-hydrogen) atoms. The summed E-state index contributed by atoms with van der Waals surface area (Å²) in [4.78, 5) is 23.6. The first-order valence-corrected chi connectivity index (χ1v) is 8.46. The van der Waals surface area contributed by atoms with E-state index in [4.69, 9.17) is 5.73 Å². The first kappa shape index (κ1) is 16.0. The topological polar surface area (TPSA) is 75.4 Å². The minimum atomic E-state index is -0.375. The van der Waals surface area contributed by atoms with Gasteiger partial charge in [-0.15, -0.1) is 0 Å². The number of rotatable bonds is 3. The third kappa shape index (κ3) is 3.54. The van der Waals surface area contributed by atoms with E-state index >= 15 is 0 Å². The molecule has 0 saturated carbocycles. The molecule has 0 aliphatic carbocycles. The third-order valence-electron chi connectivity index (χ3n) is 4.78. The average molecular weight is 321 g/mol. The molecular weight excluding hydrogens is 297 g/mol. The van der Waals surface area contributed by atoms with Crippen LogP contribution < -0.4 is 15.5 Å². The van der Waals surface area contributed by atoms with Gasteiger partial charge in [0.2, 0.25) is 11.7 Å². The van der Waals surface area contributed by atoms with Crippen molar-refractivity contribution in [3.63, 3.8) is 0 Å². The summed E-state index contributed by atoms with van der Waals surface area (Å²) < 4.78 is 15.0. The van der Waals surface area contributed by atoms with E-state index in [-0.39, 0.29) is 17.6 Å². The van der Waals surface area contributed by atoms with Crippen LogP contribution in [0, 0.1) is 11.7 Å². The van der Waals surface area contributed by atoms with Crippen LogP contribution in [-0.2, 0) is 4.79 Å². The number of hydrogen-bond acceptors (Lipinski definition) is 5. The van der Waals surface area contributed by atoms with Gasteiger partial charge < -0.3 is 15.5 Å². The van der Waals surface area contributed by atoms with Crippen LogP contribution in [0.15, 0.2) is 6.33 Å². The van der Waals surface area contributed by atoms with Crippen molar-refractivity contribution in [2.75, 3.05) is 36.0 Å². The number of anilines is 2. The Labute approximate surface area is 135 Å². The highest BCUT2D eigenvalue weighted by Gasteiger charge is 2.28. The first-order chi connectivity index (χ1) is 11.2. The zero-order valence-corrected chi connectivity index (χ0v) is 13.4. The van der Waals surface area contributed by atoms with E-state index in [1.54, 1.807) is 0 Å². The second-order valence-electron chi connectivity index (χ2n) is 6.42. The summed E-state index contributed by atoms with van der Waals surface area (Å²) in [7, 11) is 0.